The van der Waals surface area contributed by atoms with Crippen molar-refractivity contribution in [1.29, 1.82) is 0 Å². The third-order valence-corrected chi connectivity index (χ3v) is 4.87. The van der Waals surface area contributed by atoms with Gasteiger partial charge in [0, 0.05) is 30.5 Å². The number of rotatable bonds is 8. The van der Waals surface area contributed by atoms with E-state index in [2.05, 4.69) is 10.3 Å². The summed E-state index contributed by atoms with van der Waals surface area (Å²) in [6.07, 6.45) is 3.79. The molecule has 1 N–H and O–H groups in total. The monoisotopic (exact) mass is 410 g/mol. The van der Waals surface area contributed by atoms with E-state index in [1.807, 2.05) is 30.3 Å². The molecule has 0 fully saturated rings. The van der Waals surface area contributed by atoms with E-state index in [-0.39, 0.29) is 18.5 Å². The zero-order valence-corrected chi connectivity index (χ0v) is 16.5. The molecule has 6 nitrogen and oxygen atoms in total. The summed E-state index contributed by atoms with van der Waals surface area (Å²) in [5.74, 6) is 1.62. The minimum absolute atomic E-state index is 0.0561. The molecule has 0 radical (unpaired) electrons. The van der Waals surface area contributed by atoms with Crippen molar-refractivity contribution in [3.8, 4) is 17.1 Å². The number of fused-ring (bicyclic) bond motifs is 1. The lowest BCUT2D eigenvalue weighted by molar-refractivity contribution is -0.121. The Balaban J connectivity index is 1.21. The normalized spacial score (nSPS) is 12.8. The lowest BCUT2D eigenvalue weighted by atomic mass is 10.1. The van der Waals surface area contributed by atoms with Crippen molar-refractivity contribution in [2.75, 3.05) is 13.3 Å². The predicted octanol–water partition coefficient (Wildman–Crippen LogP) is 4.03. The Morgan fingerprint density at radius 2 is 2.03 bits per heavy atom. The Morgan fingerprint density at radius 1 is 1.17 bits per heavy atom. The van der Waals surface area contributed by atoms with Crippen LogP contribution in [0.3, 0.4) is 0 Å². The Kier molecular flexibility index (Phi) is 6.39. The second kappa shape index (κ2) is 9.54. The molecule has 0 unspecified atom stereocenters. The number of nitrogens with zero attached hydrogens (tertiary/aromatic N) is 1. The van der Waals surface area contributed by atoms with Gasteiger partial charge in [0.15, 0.2) is 18.4 Å². The number of amides is 1. The van der Waals surface area contributed by atoms with Crippen LogP contribution in [0.2, 0.25) is 0 Å². The highest BCUT2D eigenvalue weighted by molar-refractivity contribution is 5.75. The third kappa shape index (κ3) is 5.04. The maximum Gasteiger partial charge on any atom is 0.220 e. The Hall–Kier alpha value is -3.19. The van der Waals surface area contributed by atoms with Gasteiger partial charge in [-0.15, -0.1) is 0 Å². The van der Waals surface area contributed by atoms with Crippen molar-refractivity contribution < 1.29 is 23.1 Å². The molecular formula is C23H23FN2O4. The summed E-state index contributed by atoms with van der Waals surface area (Å²) < 4.78 is 30.2. The average molecular weight is 410 g/mol. The average Bonchev–Trinajstić information content (AvgIpc) is 3.23. The van der Waals surface area contributed by atoms with Gasteiger partial charge in [0.25, 0.3) is 0 Å². The summed E-state index contributed by atoms with van der Waals surface area (Å²) in [6.45, 7) is 0.903. The largest absolute Gasteiger partial charge is 0.467 e. The van der Waals surface area contributed by atoms with Crippen LogP contribution in [0.4, 0.5) is 4.39 Å². The SMILES string of the molecule is O=C(CCCc1ncc(-c2ccccc2)o1)NCCc1cc(F)cc2c1OCOC2. The number of aryl methyl sites for hydroxylation is 1. The molecule has 1 aliphatic rings. The molecule has 0 saturated carbocycles. The van der Waals surface area contributed by atoms with Crippen LogP contribution in [0.5, 0.6) is 5.75 Å². The van der Waals surface area contributed by atoms with Gasteiger partial charge in [-0.1, -0.05) is 30.3 Å². The number of nitrogens with one attached hydrogen (secondary N) is 1. The second-order valence-corrected chi connectivity index (χ2v) is 7.10. The smallest absolute Gasteiger partial charge is 0.220 e. The molecule has 0 bridgehead atoms. The minimum Gasteiger partial charge on any atom is -0.467 e. The summed E-state index contributed by atoms with van der Waals surface area (Å²) in [5.41, 5.74) is 2.41. The zero-order valence-electron chi connectivity index (χ0n) is 16.5. The first-order valence-corrected chi connectivity index (χ1v) is 9.98. The van der Waals surface area contributed by atoms with Crippen molar-refractivity contribution in [3.05, 3.63) is 71.5 Å². The molecular weight excluding hydrogens is 387 g/mol. The standard InChI is InChI=1S/C23H23FN2O4/c24-19-11-17(23-18(12-19)14-28-15-29-23)9-10-25-21(27)7-4-8-22-26-13-20(30-22)16-5-2-1-3-6-16/h1-3,5-6,11-13H,4,7-10,14-15H2,(H,25,27). The van der Waals surface area contributed by atoms with E-state index in [1.54, 1.807) is 6.20 Å². The third-order valence-electron chi connectivity index (χ3n) is 4.87. The van der Waals surface area contributed by atoms with Crippen molar-refractivity contribution in [2.24, 2.45) is 0 Å². The van der Waals surface area contributed by atoms with Gasteiger partial charge < -0.3 is 19.2 Å². The number of halogens is 1. The van der Waals surface area contributed by atoms with Crippen LogP contribution in [0, 0.1) is 5.82 Å². The summed E-state index contributed by atoms with van der Waals surface area (Å²) in [5, 5.41) is 2.88. The molecule has 0 spiro atoms. The molecule has 156 valence electrons. The van der Waals surface area contributed by atoms with E-state index in [4.69, 9.17) is 13.9 Å². The highest BCUT2D eigenvalue weighted by atomic mass is 19.1. The number of oxazole rings is 1. The molecule has 7 heteroatoms. The lowest BCUT2D eigenvalue weighted by Gasteiger charge is -2.21. The first kappa shape index (κ1) is 20.1. The van der Waals surface area contributed by atoms with E-state index in [9.17, 15) is 9.18 Å². The molecule has 1 amide bonds. The van der Waals surface area contributed by atoms with Crippen LogP contribution >= 0.6 is 0 Å². The van der Waals surface area contributed by atoms with E-state index >= 15 is 0 Å². The van der Waals surface area contributed by atoms with Gasteiger partial charge in [0.1, 0.15) is 11.6 Å². The topological polar surface area (TPSA) is 73.6 Å². The number of hydrogen-bond donors (Lipinski definition) is 1. The fourth-order valence-corrected chi connectivity index (χ4v) is 3.43. The molecule has 2 aromatic carbocycles. The van der Waals surface area contributed by atoms with Crippen LogP contribution in [-0.2, 0) is 29.0 Å². The number of ether oxygens (including phenoxy) is 2. The number of carbonyl (C=O) groups is 1. The fraction of sp³-hybridized carbons (Fsp3) is 0.304. The number of hydrogen-bond acceptors (Lipinski definition) is 5. The second-order valence-electron chi connectivity index (χ2n) is 7.10. The Bertz CT molecular complexity index is 1000. The number of benzene rings is 2. The molecule has 0 aliphatic carbocycles. The maximum absolute atomic E-state index is 13.8. The van der Waals surface area contributed by atoms with Crippen molar-refractivity contribution in [1.82, 2.24) is 10.3 Å². The number of aromatic nitrogens is 1. The quantitative estimate of drug-likeness (QED) is 0.607. The van der Waals surface area contributed by atoms with Crippen molar-refractivity contribution >= 4 is 5.91 Å². The molecule has 4 rings (SSSR count). The van der Waals surface area contributed by atoms with Crippen LogP contribution in [-0.4, -0.2) is 24.2 Å². The van der Waals surface area contributed by atoms with Crippen LogP contribution in [0.25, 0.3) is 11.3 Å². The van der Waals surface area contributed by atoms with Gasteiger partial charge in [-0.2, -0.15) is 0 Å². The van der Waals surface area contributed by atoms with Crippen molar-refractivity contribution in [3.63, 3.8) is 0 Å². The Labute approximate surface area is 174 Å². The summed E-state index contributed by atoms with van der Waals surface area (Å²) >= 11 is 0. The molecule has 3 aromatic rings. The fourth-order valence-electron chi connectivity index (χ4n) is 3.43. The van der Waals surface area contributed by atoms with Gasteiger partial charge >= 0.3 is 0 Å². The highest BCUT2D eigenvalue weighted by Crippen LogP contribution is 2.29. The first-order chi connectivity index (χ1) is 14.7. The highest BCUT2D eigenvalue weighted by Gasteiger charge is 2.17. The molecule has 0 saturated heterocycles. The first-order valence-electron chi connectivity index (χ1n) is 9.98. The van der Waals surface area contributed by atoms with E-state index in [0.717, 1.165) is 16.9 Å². The summed E-state index contributed by atoms with van der Waals surface area (Å²) in [4.78, 5) is 16.4. The lowest BCUT2D eigenvalue weighted by Crippen LogP contribution is -2.26. The van der Waals surface area contributed by atoms with Crippen molar-refractivity contribution in [2.45, 2.75) is 32.3 Å². The van der Waals surface area contributed by atoms with Gasteiger partial charge in [-0.3, -0.25) is 4.79 Å². The van der Waals surface area contributed by atoms with E-state index < -0.39 is 0 Å². The Morgan fingerprint density at radius 3 is 2.90 bits per heavy atom. The molecule has 2 heterocycles. The molecule has 1 aliphatic heterocycles. The molecule has 0 atom stereocenters. The van der Waals surface area contributed by atoms with Gasteiger partial charge in [0.2, 0.25) is 5.91 Å². The van der Waals surface area contributed by atoms with E-state index in [0.29, 0.717) is 56.0 Å². The van der Waals surface area contributed by atoms with Gasteiger partial charge in [-0.05, 0) is 30.5 Å². The molecule has 1 aromatic heterocycles. The number of carbonyl (C=O) groups excluding carboxylic acids is 1. The summed E-state index contributed by atoms with van der Waals surface area (Å²) in [7, 11) is 0. The van der Waals surface area contributed by atoms with Gasteiger partial charge in [0.05, 0.1) is 12.8 Å². The van der Waals surface area contributed by atoms with Crippen LogP contribution in [0.1, 0.15) is 29.9 Å². The van der Waals surface area contributed by atoms with E-state index in [1.165, 1.54) is 12.1 Å². The predicted molar refractivity (Wildman–Crippen MR) is 108 cm³/mol. The van der Waals surface area contributed by atoms with Crippen LogP contribution in [0.15, 0.2) is 53.1 Å². The molecule has 30 heavy (non-hydrogen) atoms. The maximum atomic E-state index is 13.8. The minimum atomic E-state index is -0.329. The summed E-state index contributed by atoms with van der Waals surface area (Å²) in [6, 6.07) is 12.6. The van der Waals surface area contributed by atoms with Crippen LogP contribution < -0.4 is 10.1 Å². The zero-order chi connectivity index (χ0) is 20.8. The van der Waals surface area contributed by atoms with Gasteiger partial charge in [-0.25, -0.2) is 9.37 Å².